The summed E-state index contributed by atoms with van der Waals surface area (Å²) in [4.78, 5) is 4.12. The van der Waals surface area contributed by atoms with Gasteiger partial charge in [-0.15, -0.1) is 0 Å². The number of hydrogen-bond donors (Lipinski definition) is 2. The topological polar surface area (TPSA) is 46.2 Å². The molecule has 1 aromatic heterocycles. The van der Waals surface area contributed by atoms with E-state index in [1.807, 2.05) is 18.3 Å². The van der Waals surface area contributed by atoms with Crippen molar-refractivity contribution in [1.82, 2.24) is 13.8 Å². The van der Waals surface area contributed by atoms with Gasteiger partial charge in [-0.3, -0.25) is 8.51 Å². The summed E-state index contributed by atoms with van der Waals surface area (Å²) in [5.41, 5.74) is 2.52. The summed E-state index contributed by atoms with van der Waals surface area (Å²) >= 11 is 2.29. The van der Waals surface area contributed by atoms with E-state index in [9.17, 15) is 0 Å². The van der Waals surface area contributed by atoms with Crippen molar-refractivity contribution < 1.29 is 4.74 Å². The molecule has 4 rings (SSSR count). The van der Waals surface area contributed by atoms with Gasteiger partial charge in [0.25, 0.3) is 0 Å². The van der Waals surface area contributed by atoms with Gasteiger partial charge in [0.1, 0.15) is 12.4 Å². The predicted molar refractivity (Wildman–Crippen MR) is 112 cm³/mol. The van der Waals surface area contributed by atoms with Gasteiger partial charge in [-0.2, -0.15) is 0 Å². The zero-order chi connectivity index (χ0) is 17.8. The van der Waals surface area contributed by atoms with Crippen molar-refractivity contribution in [2.45, 2.75) is 62.8 Å². The molecule has 0 spiro atoms. The molecule has 0 bridgehead atoms. The molecule has 4 nitrogen and oxygen atoms in total. The highest BCUT2D eigenvalue weighted by Gasteiger charge is 2.39. The van der Waals surface area contributed by atoms with Gasteiger partial charge < -0.3 is 10.1 Å². The van der Waals surface area contributed by atoms with Crippen LogP contribution in [0.3, 0.4) is 0 Å². The summed E-state index contributed by atoms with van der Waals surface area (Å²) in [7, 11) is 0. The third-order valence-corrected chi connectivity index (χ3v) is 6.44. The highest BCUT2D eigenvalue weighted by atomic mass is 127. The fourth-order valence-electron chi connectivity index (χ4n) is 3.88. The van der Waals surface area contributed by atoms with Gasteiger partial charge in [-0.25, -0.2) is 0 Å². The van der Waals surface area contributed by atoms with Crippen molar-refractivity contribution in [2.75, 3.05) is 0 Å². The quantitative estimate of drug-likeness (QED) is 0.474. The van der Waals surface area contributed by atoms with Crippen LogP contribution in [-0.4, -0.2) is 23.1 Å². The average Bonchev–Trinajstić information content (AvgIpc) is 3.47. The molecule has 0 saturated heterocycles. The number of ether oxygens (including phenoxy) is 1. The molecule has 2 saturated carbocycles. The Labute approximate surface area is 169 Å². The number of benzene rings is 1. The van der Waals surface area contributed by atoms with Crippen molar-refractivity contribution in [3.05, 3.63) is 59.9 Å². The number of hydrogen-bond acceptors (Lipinski definition) is 4. The lowest BCUT2D eigenvalue weighted by molar-refractivity contribution is 0.305. The number of halogens is 1. The maximum atomic E-state index is 5.85. The van der Waals surface area contributed by atoms with Gasteiger partial charge in [-0.1, -0.05) is 18.2 Å². The summed E-state index contributed by atoms with van der Waals surface area (Å²) < 4.78 is 9.23. The van der Waals surface area contributed by atoms with Gasteiger partial charge in [-0.05, 0) is 55.9 Å². The van der Waals surface area contributed by atoms with Crippen LogP contribution < -0.4 is 13.6 Å². The van der Waals surface area contributed by atoms with Crippen LogP contribution >= 0.6 is 22.9 Å². The predicted octanol–water partition coefficient (Wildman–Crippen LogP) is 4.36. The molecule has 1 aromatic carbocycles. The molecule has 0 aliphatic heterocycles. The SMILES string of the molecule is INC1CCC(N[C@H]2C[C@@H]2c2ccc(OCc3cccnc3)cc2)CC1. The first kappa shape index (κ1) is 18.2. The maximum absolute atomic E-state index is 5.85. The summed E-state index contributed by atoms with van der Waals surface area (Å²) in [6.45, 7) is 0.565. The third-order valence-electron chi connectivity index (χ3n) is 5.56. The summed E-state index contributed by atoms with van der Waals surface area (Å²) in [6, 6.07) is 14.7. The first-order chi connectivity index (χ1) is 12.8. The van der Waals surface area contributed by atoms with Gasteiger partial charge in [0.2, 0.25) is 0 Å². The Hall–Kier alpha value is -1.18. The second-order valence-electron chi connectivity index (χ2n) is 7.49. The fraction of sp³-hybridized carbons (Fsp3) is 0.476. The Morgan fingerprint density at radius 3 is 2.50 bits per heavy atom. The van der Waals surface area contributed by atoms with Crippen LogP contribution in [0.5, 0.6) is 5.75 Å². The van der Waals surface area contributed by atoms with E-state index in [0.29, 0.717) is 30.7 Å². The van der Waals surface area contributed by atoms with Crippen molar-refractivity contribution in [1.29, 1.82) is 0 Å². The van der Waals surface area contributed by atoms with Crippen LogP contribution in [0.15, 0.2) is 48.8 Å². The molecule has 1 heterocycles. The lowest BCUT2D eigenvalue weighted by Crippen LogP contribution is -2.38. The van der Waals surface area contributed by atoms with Crippen LogP contribution in [0, 0.1) is 0 Å². The molecule has 0 amide bonds. The van der Waals surface area contributed by atoms with Crippen molar-refractivity contribution in [3.8, 4) is 5.75 Å². The van der Waals surface area contributed by atoms with Gasteiger partial charge in [0, 0.05) is 64.9 Å². The number of nitrogens with one attached hydrogen (secondary N) is 2. The molecule has 0 radical (unpaired) electrons. The molecular formula is C21H26IN3O. The largest absolute Gasteiger partial charge is 0.489 e. The van der Waals surface area contributed by atoms with Gasteiger partial charge in [0.15, 0.2) is 0 Å². The summed E-state index contributed by atoms with van der Waals surface area (Å²) in [5, 5.41) is 3.88. The van der Waals surface area contributed by atoms with Crippen LogP contribution in [-0.2, 0) is 6.61 Å². The van der Waals surface area contributed by atoms with E-state index < -0.39 is 0 Å². The molecule has 0 unspecified atom stereocenters. The maximum Gasteiger partial charge on any atom is 0.119 e. The van der Waals surface area contributed by atoms with Crippen molar-refractivity contribution >= 4 is 22.9 Å². The smallest absolute Gasteiger partial charge is 0.119 e. The Balaban J connectivity index is 1.23. The second-order valence-corrected chi connectivity index (χ2v) is 8.11. The number of aromatic nitrogens is 1. The lowest BCUT2D eigenvalue weighted by Gasteiger charge is -2.28. The van der Waals surface area contributed by atoms with Crippen LogP contribution in [0.2, 0.25) is 0 Å². The molecule has 2 aliphatic rings. The van der Waals surface area contributed by atoms with Crippen LogP contribution in [0.25, 0.3) is 0 Å². The Morgan fingerprint density at radius 2 is 1.81 bits per heavy atom. The molecule has 2 aromatic rings. The van der Waals surface area contributed by atoms with Crippen molar-refractivity contribution in [2.24, 2.45) is 0 Å². The normalized spacial score (nSPS) is 27.9. The molecule has 2 atom stereocenters. The standard InChI is InChI=1S/C21H26IN3O/c22-25-18-7-5-17(6-8-18)24-21-12-20(21)16-3-9-19(10-4-16)26-14-15-2-1-11-23-13-15/h1-4,9-11,13,17-18,20-21,24-25H,5-8,12,14H2/t17?,18?,20-,21+/m1/s1. The third kappa shape index (κ3) is 4.75. The highest BCUT2D eigenvalue weighted by molar-refractivity contribution is 14.1. The molecule has 2 fully saturated rings. The summed E-state index contributed by atoms with van der Waals surface area (Å²) in [6.07, 6.45) is 10.1. The van der Waals surface area contributed by atoms with E-state index in [4.69, 9.17) is 4.74 Å². The van der Waals surface area contributed by atoms with E-state index in [-0.39, 0.29) is 0 Å². The monoisotopic (exact) mass is 463 g/mol. The summed E-state index contributed by atoms with van der Waals surface area (Å²) in [5.74, 6) is 1.59. The fourth-order valence-corrected chi connectivity index (χ4v) is 4.50. The number of pyridine rings is 1. The minimum absolute atomic E-state index is 0.565. The Kier molecular flexibility index (Phi) is 6.07. The van der Waals surface area contributed by atoms with Crippen LogP contribution in [0.4, 0.5) is 0 Å². The number of nitrogens with zero attached hydrogens (tertiary/aromatic N) is 1. The molecule has 2 aliphatic carbocycles. The number of rotatable bonds is 7. The zero-order valence-corrected chi connectivity index (χ0v) is 17.1. The zero-order valence-electron chi connectivity index (χ0n) is 14.9. The van der Waals surface area contributed by atoms with E-state index >= 15 is 0 Å². The highest BCUT2D eigenvalue weighted by Crippen LogP contribution is 2.42. The van der Waals surface area contributed by atoms with Crippen molar-refractivity contribution in [3.63, 3.8) is 0 Å². The first-order valence-corrected chi connectivity index (χ1v) is 10.6. The minimum Gasteiger partial charge on any atom is -0.489 e. The average molecular weight is 463 g/mol. The molecule has 138 valence electrons. The molecular weight excluding hydrogens is 437 g/mol. The van der Waals surface area contributed by atoms with Crippen LogP contribution in [0.1, 0.15) is 49.1 Å². The first-order valence-electron chi connectivity index (χ1n) is 9.55. The minimum atomic E-state index is 0.565. The molecule has 2 N–H and O–H groups in total. The molecule has 5 heteroatoms. The van der Waals surface area contributed by atoms with E-state index in [2.05, 4.69) is 61.0 Å². The van der Waals surface area contributed by atoms with E-state index in [0.717, 1.165) is 11.3 Å². The van der Waals surface area contributed by atoms with E-state index in [1.54, 1.807) is 6.20 Å². The van der Waals surface area contributed by atoms with E-state index in [1.165, 1.54) is 37.7 Å². The van der Waals surface area contributed by atoms with Gasteiger partial charge >= 0.3 is 0 Å². The Bertz CT molecular complexity index is 686. The molecule has 26 heavy (non-hydrogen) atoms. The Morgan fingerprint density at radius 1 is 1.04 bits per heavy atom. The van der Waals surface area contributed by atoms with Gasteiger partial charge in [0.05, 0.1) is 0 Å². The second kappa shape index (κ2) is 8.67. The lowest BCUT2D eigenvalue weighted by atomic mass is 9.92.